The third-order valence-electron chi connectivity index (χ3n) is 5.07. The third kappa shape index (κ3) is 5.98. The minimum atomic E-state index is 0.288. The van der Waals surface area contributed by atoms with Crippen molar-refractivity contribution in [3.05, 3.63) is 60.2 Å². The summed E-state index contributed by atoms with van der Waals surface area (Å²) >= 11 is 0. The molecule has 0 aliphatic carbocycles. The molecule has 4 heteroatoms. The molecule has 0 spiro atoms. The largest absolute Gasteiger partial charge is 0.492 e. The lowest BCUT2D eigenvalue weighted by molar-refractivity contribution is 0.0340. The molecule has 1 unspecified atom stereocenters. The number of rotatable bonds is 9. The zero-order chi connectivity index (χ0) is 18.9. The molecule has 3 rings (SSSR count). The zero-order valence-corrected chi connectivity index (χ0v) is 16.6. The van der Waals surface area contributed by atoms with E-state index in [1.807, 2.05) is 12.1 Å². The Hall–Kier alpha value is -2.04. The number of ether oxygens (including phenoxy) is 2. The highest BCUT2D eigenvalue weighted by atomic mass is 16.5. The number of nitrogens with zero attached hydrogens (tertiary/aromatic N) is 2. The minimum Gasteiger partial charge on any atom is -0.492 e. The lowest BCUT2D eigenvalue weighted by atomic mass is 10.2. The monoisotopic (exact) mass is 368 g/mol. The van der Waals surface area contributed by atoms with Crippen molar-refractivity contribution in [1.82, 2.24) is 4.90 Å². The van der Waals surface area contributed by atoms with Gasteiger partial charge in [0.05, 0.1) is 12.6 Å². The van der Waals surface area contributed by atoms with E-state index in [4.69, 9.17) is 9.47 Å². The maximum absolute atomic E-state index is 6.08. The Morgan fingerprint density at radius 3 is 2.26 bits per heavy atom. The summed E-state index contributed by atoms with van der Waals surface area (Å²) in [5, 5.41) is 0. The molecule has 0 radical (unpaired) electrons. The Balaban J connectivity index is 1.55. The lowest BCUT2D eigenvalue weighted by Gasteiger charge is -2.40. The molecule has 1 fully saturated rings. The van der Waals surface area contributed by atoms with E-state index in [1.54, 1.807) is 0 Å². The van der Waals surface area contributed by atoms with Crippen molar-refractivity contribution in [3.63, 3.8) is 0 Å². The van der Waals surface area contributed by atoms with Gasteiger partial charge in [-0.2, -0.15) is 0 Å². The van der Waals surface area contributed by atoms with E-state index in [2.05, 4.69) is 66.1 Å². The summed E-state index contributed by atoms with van der Waals surface area (Å²) in [5.74, 6) is 0.934. The molecule has 1 aliphatic heterocycles. The third-order valence-corrected chi connectivity index (χ3v) is 5.07. The SMILES string of the molecule is CCCOCC(COc1ccc(C)cc1)N1CCN(c2ccccc2)CC1. The zero-order valence-electron chi connectivity index (χ0n) is 16.6. The molecule has 1 saturated heterocycles. The van der Waals surface area contributed by atoms with E-state index in [0.29, 0.717) is 6.61 Å². The van der Waals surface area contributed by atoms with Crippen LogP contribution in [0.3, 0.4) is 0 Å². The van der Waals surface area contributed by atoms with E-state index < -0.39 is 0 Å². The molecule has 0 amide bonds. The summed E-state index contributed by atoms with van der Waals surface area (Å²) in [4.78, 5) is 4.98. The highest BCUT2D eigenvalue weighted by Gasteiger charge is 2.24. The van der Waals surface area contributed by atoms with Crippen LogP contribution in [0.5, 0.6) is 5.75 Å². The average Bonchev–Trinajstić information content (AvgIpc) is 2.73. The number of hydrogen-bond acceptors (Lipinski definition) is 4. The fraction of sp³-hybridized carbons (Fsp3) is 0.478. The summed E-state index contributed by atoms with van der Waals surface area (Å²) in [6.07, 6.45) is 1.05. The van der Waals surface area contributed by atoms with E-state index in [-0.39, 0.29) is 6.04 Å². The molecule has 1 heterocycles. The van der Waals surface area contributed by atoms with Crippen LogP contribution in [0.15, 0.2) is 54.6 Å². The van der Waals surface area contributed by atoms with Crippen LogP contribution in [0, 0.1) is 6.92 Å². The Labute approximate surface area is 163 Å². The second-order valence-electron chi connectivity index (χ2n) is 7.21. The molecule has 2 aromatic rings. The van der Waals surface area contributed by atoms with Gasteiger partial charge in [0.1, 0.15) is 12.4 Å². The van der Waals surface area contributed by atoms with Gasteiger partial charge in [-0.1, -0.05) is 42.8 Å². The van der Waals surface area contributed by atoms with Crippen LogP contribution >= 0.6 is 0 Å². The van der Waals surface area contributed by atoms with Gasteiger partial charge in [0.15, 0.2) is 0 Å². The fourth-order valence-corrected chi connectivity index (χ4v) is 3.43. The van der Waals surface area contributed by atoms with Gasteiger partial charge in [-0.25, -0.2) is 0 Å². The summed E-state index contributed by atoms with van der Waals surface area (Å²) < 4.78 is 12.0. The second kappa shape index (κ2) is 10.3. The van der Waals surface area contributed by atoms with Crippen molar-refractivity contribution >= 4 is 5.69 Å². The minimum absolute atomic E-state index is 0.288. The van der Waals surface area contributed by atoms with Crippen molar-refractivity contribution in [2.75, 3.05) is 50.9 Å². The van der Waals surface area contributed by atoms with Gasteiger partial charge in [-0.05, 0) is 37.6 Å². The van der Waals surface area contributed by atoms with Crippen LogP contribution in [0.25, 0.3) is 0 Å². The van der Waals surface area contributed by atoms with Crippen LogP contribution in [0.1, 0.15) is 18.9 Å². The summed E-state index contributed by atoms with van der Waals surface area (Å²) in [6.45, 7) is 10.6. The summed E-state index contributed by atoms with van der Waals surface area (Å²) in [5.41, 5.74) is 2.56. The molecular formula is C23H32N2O2. The van der Waals surface area contributed by atoms with Crippen LogP contribution < -0.4 is 9.64 Å². The number of aryl methyl sites for hydroxylation is 1. The smallest absolute Gasteiger partial charge is 0.119 e. The van der Waals surface area contributed by atoms with Crippen LogP contribution in [0.2, 0.25) is 0 Å². The van der Waals surface area contributed by atoms with E-state index in [0.717, 1.165) is 51.6 Å². The molecular weight excluding hydrogens is 336 g/mol. The first-order chi connectivity index (χ1) is 13.3. The van der Waals surface area contributed by atoms with E-state index in [1.165, 1.54) is 11.3 Å². The van der Waals surface area contributed by atoms with Crippen molar-refractivity contribution in [3.8, 4) is 5.75 Å². The Kier molecular flexibility index (Phi) is 7.55. The highest BCUT2D eigenvalue weighted by molar-refractivity contribution is 5.46. The van der Waals surface area contributed by atoms with Crippen LogP contribution in [-0.4, -0.2) is 56.9 Å². The molecule has 27 heavy (non-hydrogen) atoms. The first-order valence-corrected chi connectivity index (χ1v) is 10.1. The first kappa shape index (κ1) is 19.7. The molecule has 0 N–H and O–H groups in total. The van der Waals surface area contributed by atoms with Gasteiger partial charge in [0.2, 0.25) is 0 Å². The molecule has 4 nitrogen and oxygen atoms in total. The predicted molar refractivity (Wildman–Crippen MR) is 112 cm³/mol. The Morgan fingerprint density at radius 1 is 0.889 bits per heavy atom. The van der Waals surface area contributed by atoms with Gasteiger partial charge in [0, 0.05) is 38.5 Å². The molecule has 0 saturated carbocycles. The maximum Gasteiger partial charge on any atom is 0.119 e. The molecule has 146 valence electrons. The average molecular weight is 369 g/mol. The van der Waals surface area contributed by atoms with Crippen molar-refractivity contribution in [2.45, 2.75) is 26.3 Å². The highest BCUT2D eigenvalue weighted by Crippen LogP contribution is 2.18. The van der Waals surface area contributed by atoms with Crippen molar-refractivity contribution < 1.29 is 9.47 Å². The molecule has 1 atom stereocenters. The van der Waals surface area contributed by atoms with Gasteiger partial charge in [-0.3, -0.25) is 4.90 Å². The van der Waals surface area contributed by atoms with Gasteiger partial charge in [-0.15, -0.1) is 0 Å². The lowest BCUT2D eigenvalue weighted by Crippen LogP contribution is -2.53. The molecule has 1 aliphatic rings. The summed E-state index contributed by atoms with van der Waals surface area (Å²) in [6, 6.07) is 19.2. The van der Waals surface area contributed by atoms with Gasteiger partial charge in [0.25, 0.3) is 0 Å². The standard InChI is InChI=1S/C23H32N2O2/c1-3-17-26-18-22(19-27-23-11-9-20(2)10-12-23)25-15-13-24(14-16-25)21-7-5-4-6-8-21/h4-12,22H,3,13-19H2,1-2H3. The first-order valence-electron chi connectivity index (χ1n) is 10.1. The number of hydrogen-bond donors (Lipinski definition) is 0. The van der Waals surface area contributed by atoms with Gasteiger partial charge < -0.3 is 14.4 Å². The van der Waals surface area contributed by atoms with Crippen LogP contribution in [0.4, 0.5) is 5.69 Å². The number of anilines is 1. The Bertz CT molecular complexity index is 652. The van der Waals surface area contributed by atoms with Crippen LogP contribution in [-0.2, 0) is 4.74 Å². The second-order valence-corrected chi connectivity index (χ2v) is 7.21. The molecule has 2 aromatic carbocycles. The fourth-order valence-electron chi connectivity index (χ4n) is 3.43. The quantitative estimate of drug-likeness (QED) is 0.625. The van der Waals surface area contributed by atoms with Crippen molar-refractivity contribution in [1.29, 1.82) is 0 Å². The van der Waals surface area contributed by atoms with Gasteiger partial charge >= 0.3 is 0 Å². The number of piperazine rings is 1. The van der Waals surface area contributed by atoms with E-state index in [9.17, 15) is 0 Å². The molecule has 0 aromatic heterocycles. The normalized spacial score (nSPS) is 16.3. The van der Waals surface area contributed by atoms with Crippen molar-refractivity contribution in [2.24, 2.45) is 0 Å². The predicted octanol–water partition coefficient (Wildman–Crippen LogP) is 3.99. The Morgan fingerprint density at radius 2 is 1.59 bits per heavy atom. The topological polar surface area (TPSA) is 24.9 Å². The van der Waals surface area contributed by atoms with E-state index >= 15 is 0 Å². The number of para-hydroxylation sites is 1. The maximum atomic E-state index is 6.08. The number of benzene rings is 2. The molecule has 0 bridgehead atoms. The summed E-state index contributed by atoms with van der Waals surface area (Å²) in [7, 11) is 0.